The average Bonchev–Trinajstić information content (AvgIpc) is 3.04. The van der Waals surface area contributed by atoms with Gasteiger partial charge in [-0.15, -0.1) is 11.8 Å². The Morgan fingerprint density at radius 3 is 2.68 bits per heavy atom. The van der Waals surface area contributed by atoms with Gasteiger partial charge in [0.1, 0.15) is 0 Å². The third-order valence-electron chi connectivity index (χ3n) is 4.81. The van der Waals surface area contributed by atoms with Crippen molar-refractivity contribution in [2.75, 3.05) is 38.3 Å². The zero-order valence-electron chi connectivity index (χ0n) is 15.3. The van der Waals surface area contributed by atoms with Gasteiger partial charge in [-0.05, 0) is 51.4 Å². The molecule has 1 amide bonds. The zero-order chi connectivity index (χ0) is 17.8. The number of rotatable bonds is 6. The summed E-state index contributed by atoms with van der Waals surface area (Å²) >= 11 is 3.38. The molecule has 25 heavy (non-hydrogen) atoms. The SMILES string of the molecule is CSc1ccc2nc(N(CCN(C)C)C(=O)C3CCCCC3)sc2c1. The van der Waals surface area contributed by atoms with Crippen LogP contribution in [0.5, 0.6) is 0 Å². The van der Waals surface area contributed by atoms with Gasteiger partial charge in [0.15, 0.2) is 5.13 Å². The smallest absolute Gasteiger partial charge is 0.231 e. The minimum Gasteiger partial charge on any atom is -0.308 e. The Morgan fingerprint density at radius 2 is 2.00 bits per heavy atom. The van der Waals surface area contributed by atoms with Gasteiger partial charge in [0.05, 0.1) is 10.2 Å². The van der Waals surface area contributed by atoms with Crippen molar-refractivity contribution in [2.24, 2.45) is 5.92 Å². The summed E-state index contributed by atoms with van der Waals surface area (Å²) in [5.41, 5.74) is 0.990. The Kier molecular flexibility index (Phi) is 6.36. The molecule has 136 valence electrons. The maximum Gasteiger partial charge on any atom is 0.231 e. The summed E-state index contributed by atoms with van der Waals surface area (Å²) < 4.78 is 1.16. The van der Waals surface area contributed by atoms with E-state index in [1.165, 1.54) is 24.2 Å². The summed E-state index contributed by atoms with van der Waals surface area (Å²) in [5, 5.41) is 0.852. The van der Waals surface area contributed by atoms with Crippen molar-refractivity contribution in [3.8, 4) is 0 Å². The van der Waals surface area contributed by atoms with Gasteiger partial charge in [-0.2, -0.15) is 0 Å². The van der Waals surface area contributed by atoms with Crippen molar-refractivity contribution in [1.82, 2.24) is 9.88 Å². The fourth-order valence-electron chi connectivity index (χ4n) is 3.31. The minimum atomic E-state index is 0.171. The second-order valence-corrected chi connectivity index (χ2v) is 8.85. The van der Waals surface area contributed by atoms with Gasteiger partial charge < -0.3 is 4.90 Å². The Morgan fingerprint density at radius 1 is 1.24 bits per heavy atom. The van der Waals surface area contributed by atoms with E-state index in [1.54, 1.807) is 23.1 Å². The second kappa shape index (κ2) is 8.52. The molecular weight excluding hydrogens is 350 g/mol. The molecule has 3 rings (SSSR count). The Hall–Kier alpha value is -1.11. The van der Waals surface area contributed by atoms with Gasteiger partial charge in [-0.25, -0.2) is 4.98 Å². The first-order chi connectivity index (χ1) is 12.1. The Balaban J connectivity index is 1.88. The van der Waals surface area contributed by atoms with Crippen LogP contribution >= 0.6 is 23.1 Å². The number of likely N-dealkylation sites (N-methyl/N-ethyl adjacent to an activating group) is 1. The third-order valence-corrected chi connectivity index (χ3v) is 6.57. The van der Waals surface area contributed by atoms with Crippen molar-refractivity contribution >= 4 is 44.4 Å². The fourth-order valence-corrected chi connectivity index (χ4v) is 4.86. The van der Waals surface area contributed by atoms with Crippen molar-refractivity contribution in [3.05, 3.63) is 18.2 Å². The predicted octanol–water partition coefficient (Wildman–Crippen LogP) is 4.49. The molecule has 1 aromatic heterocycles. The van der Waals surface area contributed by atoms with Crippen LogP contribution in [0, 0.1) is 5.92 Å². The lowest BCUT2D eigenvalue weighted by Gasteiger charge is -2.28. The lowest BCUT2D eigenvalue weighted by Crippen LogP contribution is -2.41. The van der Waals surface area contributed by atoms with Gasteiger partial charge in [0.2, 0.25) is 5.91 Å². The third kappa shape index (κ3) is 4.54. The molecule has 0 unspecified atom stereocenters. The number of thioether (sulfide) groups is 1. The lowest BCUT2D eigenvalue weighted by molar-refractivity contribution is -0.123. The van der Waals surface area contributed by atoms with Crippen LogP contribution in [0.1, 0.15) is 32.1 Å². The van der Waals surface area contributed by atoms with Crippen molar-refractivity contribution in [2.45, 2.75) is 37.0 Å². The molecule has 0 aliphatic heterocycles. The van der Waals surface area contributed by atoms with Gasteiger partial charge in [0.25, 0.3) is 0 Å². The number of anilines is 1. The number of thiazole rings is 1. The molecule has 1 saturated carbocycles. The summed E-state index contributed by atoms with van der Waals surface area (Å²) in [6.45, 7) is 1.56. The molecule has 0 radical (unpaired) electrons. The number of aromatic nitrogens is 1. The van der Waals surface area contributed by atoms with E-state index in [1.807, 2.05) is 19.0 Å². The summed E-state index contributed by atoms with van der Waals surface area (Å²) in [5.74, 6) is 0.440. The van der Waals surface area contributed by atoms with Crippen LogP contribution in [0.3, 0.4) is 0 Å². The van der Waals surface area contributed by atoms with Gasteiger partial charge >= 0.3 is 0 Å². The van der Waals surface area contributed by atoms with Crippen molar-refractivity contribution < 1.29 is 4.79 Å². The van der Waals surface area contributed by atoms with E-state index in [2.05, 4.69) is 29.4 Å². The first kappa shape index (κ1) is 18.7. The number of fused-ring (bicyclic) bond motifs is 1. The molecular formula is C19H27N3OS2. The summed E-state index contributed by atoms with van der Waals surface area (Å²) in [6.07, 6.45) is 7.75. The highest BCUT2D eigenvalue weighted by Crippen LogP contribution is 2.34. The average molecular weight is 378 g/mol. The number of carbonyl (C=O) groups is 1. The van der Waals surface area contributed by atoms with Crippen LogP contribution in [0.4, 0.5) is 5.13 Å². The Bertz CT molecular complexity index is 723. The highest BCUT2D eigenvalue weighted by atomic mass is 32.2. The van der Waals surface area contributed by atoms with E-state index >= 15 is 0 Å². The topological polar surface area (TPSA) is 36.4 Å². The summed E-state index contributed by atoms with van der Waals surface area (Å²) in [4.78, 5) is 23.3. The molecule has 6 heteroatoms. The molecule has 1 aliphatic carbocycles. The van der Waals surface area contributed by atoms with E-state index in [0.29, 0.717) is 6.54 Å². The highest BCUT2D eigenvalue weighted by molar-refractivity contribution is 7.98. The number of benzene rings is 1. The Labute approximate surface area is 158 Å². The molecule has 0 bridgehead atoms. The molecule has 4 nitrogen and oxygen atoms in total. The zero-order valence-corrected chi connectivity index (χ0v) is 17.0. The predicted molar refractivity (Wildman–Crippen MR) is 109 cm³/mol. The molecule has 0 saturated heterocycles. The van der Waals surface area contributed by atoms with Gasteiger partial charge in [-0.1, -0.05) is 30.6 Å². The molecule has 2 aromatic rings. The monoisotopic (exact) mass is 377 g/mol. The van der Waals surface area contributed by atoms with E-state index in [9.17, 15) is 4.79 Å². The molecule has 0 N–H and O–H groups in total. The van der Waals surface area contributed by atoms with Crippen LogP contribution in [-0.4, -0.2) is 49.2 Å². The van der Waals surface area contributed by atoms with Gasteiger partial charge in [-0.3, -0.25) is 9.69 Å². The number of amides is 1. The summed E-state index contributed by atoms with van der Waals surface area (Å²) in [7, 11) is 4.10. The van der Waals surface area contributed by atoms with E-state index in [0.717, 1.165) is 34.7 Å². The lowest BCUT2D eigenvalue weighted by atomic mass is 9.88. The molecule has 0 spiro atoms. The fraction of sp³-hybridized carbons (Fsp3) is 0.579. The van der Waals surface area contributed by atoms with Crippen LogP contribution in [0.15, 0.2) is 23.1 Å². The van der Waals surface area contributed by atoms with E-state index in [4.69, 9.17) is 4.98 Å². The largest absolute Gasteiger partial charge is 0.308 e. The number of hydrogen-bond donors (Lipinski definition) is 0. The number of hydrogen-bond acceptors (Lipinski definition) is 5. The van der Waals surface area contributed by atoms with Crippen LogP contribution < -0.4 is 4.90 Å². The molecule has 1 heterocycles. The molecule has 0 atom stereocenters. The maximum absolute atomic E-state index is 13.2. The van der Waals surface area contributed by atoms with Crippen LogP contribution in [0.2, 0.25) is 0 Å². The minimum absolute atomic E-state index is 0.171. The van der Waals surface area contributed by atoms with Crippen molar-refractivity contribution in [1.29, 1.82) is 0 Å². The second-order valence-electron chi connectivity index (χ2n) is 6.96. The van der Waals surface area contributed by atoms with Crippen molar-refractivity contribution in [3.63, 3.8) is 0 Å². The molecule has 1 aliphatic rings. The summed E-state index contributed by atoms with van der Waals surface area (Å²) in [6, 6.07) is 6.34. The maximum atomic E-state index is 13.2. The molecule has 1 fully saturated rings. The molecule has 1 aromatic carbocycles. The van der Waals surface area contributed by atoms with Crippen LogP contribution in [-0.2, 0) is 4.79 Å². The highest BCUT2D eigenvalue weighted by Gasteiger charge is 2.28. The first-order valence-corrected chi connectivity index (χ1v) is 11.0. The normalized spacial score (nSPS) is 15.8. The number of carbonyl (C=O) groups excluding carboxylic acids is 1. The van der Waals surface area contributed by atoms with Gasteiger partial charge in [0, 0.05) is 23.9 Å². The standard InChI is InChI=1S/C19H27N3OS2/c1-21(2)11-12-22(18(23)14-7-5-4-6-8-14)19-20-16-10-9-15(24-3)13-17(16)25-19/h9-10,13-14H,4-8,11-12H2,1-3H3. The quantitative estimate of drug-likeness (QED) is 0.695. The number of nitrogens with zero attached hydrogens (tertiary/aromatic N) is 3. The van der Waals surface area contributed by atoms with E-state index in [-0.39, 0.29) is 11.8 Å². The first-order valence-electron chi connectivity index (χ1n) is 8.99. The van der Waals surface area contributed by atoms with E-state index < -0.39 is 0 Å². The van der Waals surface area contributed by atoms with Crippen LogP contribution in [0.25, 0.3) is 10.2 Å².